The number of rotatable bonds is 9. The number of carbonyl (C=O) groups is 4. The Bertz CT molecular complexity index is 1160. The van der Waals surface area contributed by atoms with E-state index in [-0.39, 0.29) is 5.92 Å². The molecule has 0 fully saturated rings. The number of carbonyl (C=O) groups excluding carboxylic acids is 2. The summed E-state index contributed by atoms with van der Waals surface area (Å²) in [7, 11) is 0. The fourth-order valence-electron chi connectivity index (χ4n) is 3.34. The molecule has 0 saturated heterocycles. The molecule has 0 radical (unpaired) electrons. The van der Waals surface area contributed by atoms with Gasteiger partial charge < -0.3 is 20.8 Å². The first-order chi connectivity index (χ1) is 16.1. The Morgan fingerprint density at radius 3 is 1.41 bits per heavy atom. The maximum Gasteiger partial charge on any atom is 0.328 e. The SMILES string of the molecule is CC(=C(c1ccc(NC(=O)/C=C\C(=O)O)cc1)C(C)C)c1ccc(NC(=O)/C=C\C(=O)O)cc1. The average molecular weight is 463 g/mol. The van der Waals surface area contributed by atoms with Gasteiger partial charge in [-0.15, -0.1) is 0 Å². The van der Waals surface area contributed by atoms with Crippen LogP contribution in [0.5, 0.6) is 0 Å². The molecule has 0 unspecified atom stereocenters. The van der Waals surface area contributed by atoms with Gasteiger partial charge in [0, 0.05) is 35.7 Å². The van der Waals surface area contributed by atoms with Crippen LogP contribution >= 0.6 is 0 Å². The maximum absolute atomic E-state index is 11.8. The summed E-state index contributed by atoms with van der Waals surface area (Å²) in [5, 5.41) is 22.4. The van der Waals surface area contributed by atoms with Crippen LogP contribution < -0.4 is 10.6 Å². The molecule has 0 heterocycles. The lowest BCUT2D eigenvalue weighted by atomic mass is 9.88. The second kappa shape index (κ2) is 12.0. The van der Waals surface area contributed by atoms with Gasteiger partial charge >= 0.3 is 11.9 Å². The zero-order valence-electron chi connectivity index (χ0n) is 19.0. The molecule has 2 amide bonds. The standard InChI is InChI=1S/C26H26N2O6/c1-16(2)26(19-6-10-21(11-7-19)28-23(30)13-15-25(33)34)17(3)18-4-8-20(9-5-18)27-22(29)12-14-24(31)32/h4-16H,1-3H3,(H,27,29)(H,28,30)(H,31,32)(H,33,34)/b14-12-,15-13-,26-17?. The first-order valence-corrected chi connectivity index (χ1v) is 10.4. The monoisotopic (exact) mass is 462 g/mol. The van der Waals surface area contributed by atoms with Gasteiger partial charge in [0.1, 0.15) is 0 Å². The highest BCUT2D eigenvalue weighted by atomic mass is 16.4. The molecule has 4 N–H and O–H groups in total. The van der Waals surface area contributed by atoms with Crippen LogP contribution in [0.3, 0.4) is 0 Å². The normalized spacial score (nSPS) is 12.0. The van der Waals surface area contributed by atoms with Crippen molar-refractivity contribution in [1.29, 1.82) is 0 Å². The van der Waals surface area contributed by atoms with Crippen LogP contribution in [0.25, 0.3) is 11.1 Å². The van der Waals surface area contributed by atoms with E-state index in [1.165, 1.54) is 0 Å². The van der Waals surface area contributed by atoms with E-state index >= 15 is 0 Å². The first kappa shape index (κ1) is 25.8. The molecule has 2 aromatic rings. The Morgan fingerprint density at radius 1 is 0.676 bits per heavy atom. The number of nitrogens with one attached hydrogen (secondary N) is 2. The summed E-state index contributed by atoms with van der Waals surface area (Å²) in [5.74, 6) is -3.26. The summed E-state index contributed by atoms with van der Waals surface area (Å²) in [5.41, 5.74) is 5.16. The number of allylic oxidation sites excluding steroid dienone is 2. The molecule has 0 aromatic heterocycles. The molecule has 0 spiro atoms. The molecular weight excluding hydrogens is 436 g/mol. The van der Waals surface area contributed by atoms with Gasteiger partial charge in [0.15, 0.2) is 0 Å². The Kier molecular flexibility index (Phi) is 9.08. The molecule has 8 nitrogen and oxygen atoms in total. The summed E-state index contributed by atoms with van der Waals surface area (Å²) < 4.78 is 0. The van der Waals surface area contributed by atoms with E-state index < -0.39 is 23.8 Å². The Morgan fingerprint density at radius 2 is 1.06 bits per heavy atom. The third-order valence-corrected chi connectivity index (χ3v) is 4.78. The fourth-order valence-corrected chi connectivity index (χ4v) is 3.34. The molecule has 0 aliphatic carbocycles. The quantitative estimate of drug-likeness (QED) is 0.322. The Hall–Kier alpha value is -4.46. The predicted octanol–water partition coefficient (Wildman–Crippen LogP) is 4.43. The van der Waals surface area contributed by atoms with Gasteiger partial charge in [0.05, 0.1) is 0 Å². The molecule has 0 atom stereocenters. The van der Waals surface area contributed by atoms with Gasteiger partial charge in [0.25, 0.3) is 0 Å². The number of benzene rings is 2. The molecule has 0 saturated carbocycles. The lowest BCUT2D eigenvalue weighted by Crippen LogP contribution is -2.09. The van der Waals surface area contributed by atoms with Crippen molar-refractivity contribution in [3.05, 3.63) is 84.0 Å². The van der Waals surface area contributed by atoms with Crippen molar-refractivity contribution in [1.82, 2.24) is 0 Å². The largest absolute Gasteiger partial charge is 0.478 e. The van der Waals surface area contributed by atoms with Crippen LogP contribution in [0.2, 0.25) is 0 Å². The van der Waals surface area contributed by atoms with Gasteiger partial charge in [-0.2, -0.15) is 0 Å². The lowest BCUT2D eigenvalue weighted by Gasteiger charge is -2.18. The minimum atomic E-state index is -1.20. The maximum atomic E-state index is 11.8. The summed E-state index contributed by atoms with van der Waals surface area (Å²) in [4.78, 5) is 44.6. The van der Waals surface area contributed by atoms with Crippen molar-refractivity contribution >= 4 is 46.3 Å². The van der Waals surface area contributed by atoms with E-state index in [0.717, 1.165) is 46.6 Å². The Labute approximate surface area is 197 Å². The molecule has 0 aliphatic rings. The van der Waals surface area contributed by atoms with Gasteiger partial charge in [-0.25, -0.2) is 9.59 Å². The molecule has 8 heteroatoms. The highest BCUT2D eigenvalue weighted by Crippen LogP contribution is 2.33. The molecule has 176 valence electrons. The number of aliphatic carboxylic acids is 2. The third kappa shape index (κ3) is 7.90. The predicted molar refractivity (Wildman–Crippen MR) is 131 cm³/mol. The molecule has 34 heavy (non-hydrogen) atoms. The van der Waals surface area contributed by atoms with Crippen LogP contribution in [0.15, 0.2) is 72.8 Å². The molecule has 2 aromatic carbocycles. The van der Waals surface area contributed by atoms with E-state index in [1.807, 2.05) is 31.2 Å². The van der Waals surface area contributed by atoms with Gasteiger partial charge in [0.2, 0.25) is 11.8 Å². The van der Waals surface area contributed by atoms with E-state index in [4.69, 9.17) is 10.2 Å². The summed E-state index contributed by atoms with van der Waals surface area (Å²) in [6.45, 7) is 6.16. The van der Waals surface area contributed by atoms with Gasteiger partial charge in [-0.3, -0.25) is 9.59 Å². The molecule has 2 rings (SSSR count). The number of anilines is 2. The van der Waals surface area contributed by atoms with Crippen LogP contribution in [-0.4, -0.2) is 34.0 Å². The minimum Gasteiger partial charge on any atom is -0.478 e. The van der Waals surface area contributed by atoms with E-state index in [0.29, 0.717) is 11.4 Å². The number of carboxylic acid groups (broad SMARTS) is 2. The zero-order valence-corrected chi connectivity index (χ0v) is 19.0. The van der Waals surface area contributed by atoms with E-state index in [2.05, 4.69) is 24.5 Å². The average Bonchev–Trinajstić information content (AvgIpc) is 2.78. The highest BCUT2D eigenvalue weighted by Gasteiger charge is 2.13. The van der Waals surface area contributed by atoms with Crippen molar-refractivity contribution in [2.45, 2.75) is 20.8 Å². The summed E-state index contributed by atoms with van der Waals surface area (Å²) >= 11 is 0. The van der Waals surface area contributed by atoms with E-state index in [9.17, 15) is 19.2 Å². The number of amides is 2. The van der Waals surface area contributed by atoms with Crippen LogP contribution in [-0.2, 0) is 19.2 Å². The van der Waals surface area contributed by atoms with Crippen molar-refractivity contribution in [3.63, 3.8) is 0 Å². The van der Waals surface area contributed by atoms with Crippen molar-refractivity contribution in [2.24, 2.45) is 5.92 Å². The van der Waals surface area contributed by atoms with Crippen molar-refractivity contribution in [3.8, 4) is 0 Å². The van der Waals surface area contributed by atoms with E-state index in [1.54, 1.807) is 24.3 Å². The Balaban J connectivity index is 2.22. The van der Waals surface area contributed by atoms with Gasteiger partial charge in [-0.1, -0.05) is 38.1 Å². The highest BCUT2D eigenvalue weighted by molar-refractivity contribution is 6.03. The lowest BCUT2D eigenvalue weighted by molar-refractivity contribution is -0.132. The van der Waals surface area contributed by atoms with Gasteiger partial charge in [-0.05, 0) is 59.4 Å². The molecule has 0 aliphatic heterocycles. The van der Waals surface area contributed by atoms with Crippen LogP contribution in [0.4, 0.5) is 11.4 Å². The summed E-state index contributed by atoms with van der Waals surface area (Å²) in [6, 6.07) is 14.5. The topological polar surface area (TPSA) is 133 Å². The number of hydrogen-bond acceptors (Lipinski definition) is 4. The van der Waals surface area contributed by atoms with Crippen LogP contribution in [0.1, 0.15) is 31.9 Å². The number of carboxylic acids is 2. The fraction of sp³-hybridized carbons (Fsp3) is 0.154. The summed E-state index contributed by atoms with van der Waals surface area (Å²) in [6.07, 6.45) is 3.45. The van der Waals surface area contributed by atoms with Crippen molar-refractivity contribution < 1.29 is 29.4 Å². The second-order valence-corrected chi connectivity index (χ2v) is 7.67. The minimum absolute atomic E-state index is 0.194. The van der Waals surface area contributed by atoms with Crippen LogP contribution in [0, 0.1) is 5.92 Å². The second-order valence-electron chi connectivity index (χ2n) is 7.67. The zero-order chi connectivity index (χ0) is 25.3. The number of hydrogen-bond donors (Lipinski definition) is 4. The van der Waals surface area contributed by atoms with Crippen molar-refractivity contribution in [2.75, 3.05) is 10.6 Å². The molecular formula is C26H26N2O6. The third-order valence-electron chi connectivity index (χ3n) is 4.78. The first-order valence-electron chi connectivity index (χ1n) is 10.4. The smallest absolute Gasteiger partial charge is 0.328 e. The molecule has 0 bridgehead atoms.